The number of benzene rings is 1. The molecule has 0 radical (unpaired) electrons. The largest absolute Gasteiger partial charge is 0.461 e. The fourth-order valence-electron chi connectivity index (χ4n) is 1.97. The highest BCUT2D eigenvalue weighted by Crippen LogP contribution is 2.26. The first kappa shape index (κ1) is 12.1. The van der Waals surface area contributed by atoms with Gasteiger partial charge in [-0.2, -0.15) is 0 Å². The number of hydrogen-bond donors (Lipinski definition) is 2. The predicted molar refractivity (Wildman–Crippen MR) is 69.0 cm³/mol. The first-order valence-electron chi connectivity index (χ1n) is 6.09. The summed E-state index contributed by atoms with van der Waals surface area (Å²) in [6.45, 7) is 4.95. The molecule has 2 aromatic rings. The van der Waals surface area contributed by atoms with Crippen molar-refractivity contribution in [1.29, 1.82) is 0 Å². The Labute approximate surface area is 101 Å². The van der Waals surface area contributed by atoms with Gasteiger partial charge in [0, 0.05) is 30.0 Å². The van der Waals surface area contributed by atoms with Gasteiger partial charge in [0.05, 0.1) is 6.61 Å². The van der Waals surface area contributed by atoms with E-state index in [9.17, 15) is 0 Å². The third-order valence-electron chi connectivity index (χ3n) is 3.00. The lowest BCUT2D eigenvalue weighted by molar-refractivity contribution is 0.251. The van der Waals surface area contributed by atoms with Gasteiger partial charge in [0.15, 0.2) is 0 Å². The Bertz CT molecular complexity index is 490. The zero-order valence-electron chi connectivity index (χ0n) is 10.4. The molecule has 1 heterocycles. The fourth-order valence-corrected chi connectivity index (χ4v) is 1.97. The molecule has 92 valence electrons. The topological polar surface area (TPSA) is 45.4 Å². The Kier molecular flexibility index (Phi) is 3.82. The van der Waals surface area contributed by atoms with Gasteiger partial charge in [0.2, 0.25) is 0 Å². The molecule has 3 heteroatoms. The first-order chi connectivity index (χ1) is 8.26. The highest BCUT2D eigenvalue weighted by Gasteiger charge is 2.12. The van der Waals surface area contributed by atoms with Crippen LogP contribution in [-0.2, 0) is 13.0 Å². The van der Waals surface area contributed by atoms with Crippen LogP contribution in [0.1, 0.15) is 25.2 Å². The summed E-state index contributed by atoms with van der Waals surface area (Å²) in [5, 5.41) is 13.5. The summed E-state index contributed by atoms with van der Waals surface area (Å²) in [6.07, 6.45) is 0.888. The number of aryl methyl sites for hydroxylation is 1. The van der Waals surface area contributed by atoms with E-state index in [0.717, 1.165) is 24.3 Å². The van der Waals surface area contributed by atoms with Gasteiger partial charge in [-0.1, -0.05) is 25.1 Å². The molecule has 1 aromatic carbocycles. The number of furan rings is 1. The third kappa shape index (κ3) is 2.51. The van der Waals surface area contributed by atoms with E-state index in [-0.39, 0.29) is 12.6 Å². The number of rotatable bonds is 5. The van der Waals surface area contributed by atoms with Crippen LogP contribution in [0.5, 0.6) is 0 Å². The van der Waals surface area contributed by atoms with Gasteiger partial charge < -0.3 is 14.8 Å². The van der Waals surface area contributed by atoms with Crippen LogP contribution in [0.2, 0.25) is 0 Å². The molecule has 0 saturated carbocycles. The van der Waals surface area contributed by atoms with Crippen LogP contribution in [0.25, 0.3) is 11.0 Å². The molecule has 1 unspecified atom stereocenters. The van der Waals surface area contributed by atoms with E-state index in [0.29, 0.717) is 0 Å². The maximum absolute atomic E-state index is 9.02. The van der Waals surface area contributed by atoms with Crippen LogP contribution < -0.4 is 5.32 Å². The lowest BCUT2D eigenvalue weighted by atomic mass is 10.1. The molecule has 0 aliphatic rings. The molecule has 0 bridgehead atoms. The summed E-state index contributed by atoms with van der Waals surface area (Å²) in [6, 6.07) is 8.19. The molecular formula is C14H19NO2. The number of para-hydroxylation sites is 1. The molecule has 2 rings (SSSR count). The highest BCUT2D eigenvalue weighted by atomic mass is 16.3. The zero-order chi connectivity index (χ0) is 12.3. The molecule has 17 heavy (non-hydrogen) atoms. The van der Waals surface area contributed by atoms with Crippen molar-refractivity contribution in [2.24, 2.45) is 0 Å². The number of aliphatic hydroxyl groups excluding tert-OH is 1. The van der Waals surface area contributed by atoms with Crippen LogP contribution in [0.15, 0.2) is 28.7 Å². The number of hydrogen-bond acceptors (Lipinski definition) is 3. The van der Waals surface area contributed by atoms with E-state index in [1.54, 1.807) is 0 Å². The van der Waals surface area contributed by atoms with Crippen molar-refractivity contribution < 1.29 is 9.52 Å². The molecule has 1 atom stereocenters. The molecule has 0 saturated heterocycles. The van der Waals surface area contributed by atoms with Gasteiger partial charge >= 0.3 is 0 Å². The Morgan fingerprint density at radius 3 is 2.82 bits per heavy atom. The Morgan fingerprint density at radius 2 is 2.12 bits per heavy atom. The normalized spacial score (nSPS) is 13.1. The molecule has 0 amide bonds. The van der Waals surface area contributed by atoms with E-state index < -0.39 is 0 Å². The van der Waals surface area contributed by atoms with Gasteiger partial charge in [0.1, 0.15) is 11.3 Å². The quantitative estimate of drug-likeness (QED) is 0.834. The average molecular weight is 233 g/mol. The van der Waals surface area contributed by atoms with Crippen LogP contribution in [0.4, 0.5) is 0 Å². The van der Waals surface area contributed by atoms with E-state index in [1.807, 2.05) is 25.1 Å². The van der Waals surface area contributed by atoms with E-state index >= 15 is 0 Å². The summed E-state index contributed by atoms with van der Waals surface area (Å²) in [5.41, 5.74) is 2.15. The smallest absolute Gasteiger partial charge is 0.134 e. The summed E-state index contributed by atoms with van der Waals surface area (Å²) >= 11 is 0. The number of aliphatic hydroxyl groups is 1. The first-order valence-corrected chi connectivity index (χ1v) is 6.09. The van der Waals surface area contributed by atoms with Crippen LogP contribution in [-0.4, -0.2) is 17.8 Å². The second-order valence-electron chi connectivity index (χ2n) is 4.32. The van der Waals surface area contributed by atoms with Crippen molar-refractivity contribution in [3.05, 3.63) is 35.6 Å². The van der Waals surface area contributed by atoms with Crippen molar-refractivity contribution >= 4 is 11.0 Å². The highest BCUT2D eigenvalue weighted by molar-refractivity contribution is 5.82. The summed E-state index contributed by atoms with van der Waals surface area (Å²) in [5.74, 6) is 1.03. The van der Waals surface area contributed by atoms with E-state index in [1.165, 1.54) is 10.9 Å². The van der Waals surface area contributed by atoms with Gasteiger partial charge in [-0.15, -0.1) is 0 Å². The minimum atomic E-state index is 0.105. The predicted octanol–water partition coefficient (Wildman–Crippen LogP) is 2.47. The molecule has 0 aliphatic heterocycles. The lowest BCUT2D eigenvalue weighted by Crippen LogP contribution is -2.28. The van der Waals surface area contributed by atoms with Crippen molar-refractivity contribution in [2.75, 3.05) is 6.61 Å². The Balaban J connectivity index is 2.30. The molecule has 0 spiro atoms. The standard InChI is InChI=1S/C14H19NO2/c1-3-13-12(8-15-10(2)9-16)11-6-4-5-7-14(11)17-13/h4-7,10,15-16H,3,8-9H2,1-2H3. The minimum Gasteiger partial charge on any atom is -0.461 e. The summed E-state index contributed by atoms with van der Waals surface area (Å²) in [7, 11) is 0. The van der Waals surface area contributed by atoms with Crippen molar-refractivity contribution in [1.82, 2.24) is 5.32 Å². The zero-order valence-corrected chi connectivity index (χ0v) is 10.4. The summed E-state index contributed by atoms with van der Waals surface area (Å²) in [4.78, 5) is 0. The molecular weight excluding hydrogens is 214 g/mol. The molecule has 0 fully saturated rings. The molecule has 2 N–H and O–H groups in total. The van der Waals surface area contributed by atoms with E-state index in [2.05, 4.69) is 18.3 Å². The molecule has 0 aliphatic carbocycles. The second-order valence-corrected chi connectivity index (χ2v) is 4.32. The second kappa shape index (κ2) is 5.34. The van der Waals surface area contributed by atoms with Crippen molar-refractivity contribution in [3.63, 3.8) is 0 Å². The fraction of sp³-hybridized carbons (Fsp3) is 0.429. The lowest BCUT2D eigenvalue weighted by Gasteiger charge is -2.10. The van der Waals surface area contributed by atoms with Crippen LogP contribution in [0, 0.1) is 0 Å². The maximum Gasteiger partial charge on any atom is 0.134 e. The van der Waals surface area contributed by atoms with Crippen molar-refractivity contribution in [2.45, 2.75) is 32.9 Å². The van der Waals surface area contributed by atoms with Crippen LogP contribution >= 0.6 is 0 Å². The van der Waals surface area contributed by atoms with Gasteiger partial charge in [-0.05, 0) is 13.0 Å². The third-order valence-corrected chi connectivity index (χ3v) is 3.00. The monoisotopic (exact) mass is 233 g/mol. The maximum atomic E-state index is 9.02. The van der Waals surface area contributed by atoms with E-state index in [4.69, 9.17) is 9.52 Å². The average Bonchev–Trinajstić information content (AvgIpc) is 2.73. The number of nitrogens with one attached hydrogen (secondary N) is 1. The Hall–Kier alpha value is -1.32. The Morgan fingerprint density at radius 1 is 1.35 bits per heavy atom. The van der Waals surface area contributed by atoms with Gasteiger partial charge in [-0.25, -0.2) is 0 Å². The van der Waals surface area contributed by atoms with Crippen molar-refractivity contribution in [3.8, 4) is 0 Å². The number of fused-ring (bicyclic) bond motifs is 1. The summed E-state index contributed by atoms with van der Waals surface area (Å²) < 4.78 is 5.81. The molecule has 1 aromatic heterocycles. The SMILES string of the molecule is CCc1oc2ccccc2c1CNC(C)CO. The minimum absolute atomic E-state index is 0.105. The van der Waals surface area contributed by atoms with Gasteiger partial charge in [0.25, 0.3) is 0 Å². The molecule has 3 nitrogen and oxygen atoms in total. The van der Waals surface area contributed by atoms with Crippen LogP contribution in [0.3, 0.4) is 0 Å². The van der Waals surface area contributed by atoms with Gasteiger partial charge in [-0.3, -0.25) is 0 Å².